The summed E-state index contributed by atoms with van der Waals surface area (Å²) in [6.07, 6.45) is 0.819. The van der Waals surface area contributed by atoms with Gasteiger partial charge in [0.25, 0.3) is 5.88 Å². The van der Waals surface area contributed by atoms with Crippen LogP contribution in [-0.2, 0) is 14.3 Å². The maximum absolute atomic E-state index is 12.0. The number of aromatic nitrogens is 2. The van der Waals surface area contributed by atoms with Gasteiger partial charge in [-0.2, -0.15) is 4.98 Å². The Balaban J connectivity index is 2.23. The lowest BCUT2D eigenvalue weighted by molar-refractivity contribution is -0.387. The molecule has 1 aliphatic rings. The van der Waals surface area contributed by atoms with Gasteiger partial charge in [0.1, 0.15) is 23.9 Å². The summed E-state index contributed by atoms with van der Waals surface area (Å²) in [4.78, 5) is 41.9. The molecule has 10 heteroatoms. The van der Waals surface area contributed by atoms with Crippen LogP contribution in [0.3, 0.4) is 0 Å². The predicted molar refractivity (Wildman–Crippen MR) is 111 cm³/mol. The first-order valence-corrected chi connectivity index (χ1v) is 10.4. The number of nitrogens with zero attached hydrogens (tertiary/aromatic N) is 3. The van der Waals surface area contributed by atoms with E-state index in [0.29, 0.717) is 31.5 Å². The summed E-state index contributed by atoms with van der Waals surface area (Å²) in [5.74, 6) is -0.638. The van der Waals surface area contributed by atoms with E-state index in [9.17, 15) is 24.8 Å². The fraction of sp³-hybridized carbons (Fsp3) is 0.714. The van der Waals surface area contributed by atoms with Gasteiger partial charge in [0.05, 0.1) is 23.0 Å². The number of aldehydes is 1. The van der Waals surface area contributed by atoms with E-state index >= 15 is 0 Å². The summed E-state index contributed by atoms with van der Waals surface area (Å²) in [6.45, 7) is 8.52. The maximum Gasteiger partial charge on any atom is 0.351 e. The van der Waals surface area contributed by atoms with Crippen LogP contribution in [0.2, 0.25) is 0 Å². The molecule has 0 unspecified atom stereocenters. The third-order valence-electron chi connectivity index (χ3n) is 5.45. The molecule has 0 saturated heterocycles. The molecule has 0 bridgehead atoms. The Hall–Kier alpha value is -2.62. The molecule has 1 fully saturated rings. The number of carbonyl (C=O) groups is 2. The zero-order valence-electron chi connectivity index (χ0n) is 18.7. The van der Waals surface area contributed by atoms with Crippen LogP contribution < -0.4 is 4.74 Å². The molecule has 0 aliphatic heterocycles. The summed E-state index contributed by atoms with van der Waals surface area (Å²) < 4.78 is 11.3. The predicted octanol–water partition coefficient (Wildman–Crippen LogP) is 2.70. The van der Waals surface area contributed by atoms with Crippen LogP contribution in [0, 0.1) is 41.2 Å². The highest BCUT2D eigenvalue weighted by Gasteiger charge is 2.45. The zero-order valence-corrected chi connectivity index (χ0v) is 18.7. The number of esters is 1. The highest BCUT2D eigenvalue weighted by Crippen LogP contribution is 2.40. The van der Waals surface area contributed by atoms with Crippen molar-refractivity contribution in [2.45, 2.75) is 72.5 Å². The number of ether oxygens (including phenoxy) is 2. The number of carbonyl (C=O) groups excluding carboxylic acids is 2. The highest BCUT2D eigenvalue weighted by atomic mass is 16.6. The Morgan fingerprint density at radius 1 is 1.26 bits per heavy atom. The van der Waals surface area contributed by atoms with Crippen LogP contribution in [-0.4, -0.2) is 51.1 Å². The fourth-order valence-electron chi connectivity index (χ4n) is 3.84. The standard InChI is InChI=1S/C21H31N3O7/c1-12-16(24(28)29)19(23-13(2)22-12)31-18-15(8-10-30-20(27)21(3,4)5)11-14(17(18)26)7-6-9-25/h9,14-15,17-18,26H,6-8,10-11H2,1-5H3/t14-,15-,17-,18+/m0/s1. The van der Waals surface area contributed by atoms with Gasteiger partial charge in [-0.3, -0.25) is 14.9 Å². The van der Waals surface area contributed by atoms with Crippen LogP contribution in [0.15, 0.2) is 0 Å². The molecule has 10 nitrogen and oxygen atoms in total. The van der Waals surface area contributed by atoms with Crippen LogP contribution in [0.25, 0.3) is 0 Å². The molecule has 0 radical (unpaired) electrons. The number of hydrogen-bond donors (Lipinski definition) is 1. The molecule has 1 N–H and O–H groups in total. The molecule has 172 valence electrons. The lowest BCUT2D eigenvalue weighted by Crippen LogP contribution is -2.35. The Morgan fingerprint density at radius 3 is 2.52 bits per heavy atom. The third kappa shape index (κ3) is 6.19. The van der Waals surface area contributed by atoms with Gasteiger partial charge >= 0.3 is 11.7 Å². The van der Waals surface area contributed by atoms with E-state index in [2.05, 4.69) is 9.97 Å². The minimum atomic E-state index is -0.932. The molecular formula is C21H31N3O7. The van der Waals surface area contributed by atoms with E-state index < -0.39 is 22.5 Å². The van der Waals surface area contributed by atoms with Crippen molar-refractivity contribution in [1.82, 2.24) is 9.97 Å². The van der Waals surface area contributed by atoms with Crippen molar-refractivity contribution < 1.29 is 29.1 Å². The van der Waals surface area contributed by atoms with E-state index in [1.54, 1.807) is 27.7 Å². The summed E-state index contributed by atoms with van der Waals surface area (Å²) >= 11 is 0. The van der Waals surface area contributed by atoms with Crippen LogP contribution >= 0.6 is 0 Å². The quantitative estimate of drug-likeness (QED) is 0.267. The van der Waals surface area contributed by atoms with Crippen molar-refractivity contribution in [3.63, 3.8) is 0 Å². The number of aryl methyl sites for hydroxylation is 2. The van der Waals surface area contributed by atoms with Gasteiger partial charge < -0.3 is 19.4 Å². The van der Waals surface area contributed by atoms with E-state index in [-0.39, 0.29) is 41.7 Å². The molecule has 0 spiro atoms. The molecule has 1 aliphatic carbocycles. The smallest absolute Gasteiger partial charge is 0.351 e. The van der Waals surface area contributed by atoms with Crippen LogP contribution in [0.4, 0.5) is 5.69 Å². The molecule has 1 saturated carbocycles. The number of aliphatic hydroxyl groups excluding tert-OH is 1. The van der Waals surface area contributed by atoms with E-state index in [4.69, 9.17) is 9.47 Å². The minimum Gasteiger partial charge on any atom is -0.466 e. The van der Waals surface area contributed by atoms with Gasteiger partial charge in [-0.15, -0.1) is 0 Å². The Kier molecular flexibility index (Phi) is 8.05. The Morgan fingerprint density at radius 2 is 1.94 bits per heavy atom. The van der Waals surface area contributed by atoms with Crippen molar-refractivity contribution >= 4 is 17.9 Å². The van der Waals surface area contributed by atoms with Crippen molar-refractivity contribution in [1.29, 1.82) is 0 Å². The number of aliphatic hydroxyl groups is 1. The molecule has 4 atom stereocenters. The third-order valence-corrected chi connectivity index (χ3v) is 5.45. The average Bonchev–Trinajstić information content (AvgIpc) is 2.93. The molecule has 2 rings (SSSR count). The topological polar surface area (TPSA) is 142 Å². The highest BCUT2D eigenvalue weighted by molar-refractivity contribution is 5.75. The summed E-state index contributed by atoms with van der Waals surface area (Å²) in [7, 11) is 0. The summed E-state index contributed by atoms with van der Waals surface area (Å²) in [6, 6.07) is 0. The molecule has 1 heterocycles. The lowest BCUT2D eigenvalue weighted by Gasteiger charge is -2.24. The summed E-state index contributed by atoms with van der Waals surface area (Å²) in [5, 5.41) is 22.4. The van der Waals surface area contributed by atoms with Gasteiger partial charge in [-0.05, 0) is 59.8 Å². The molecular weight excluding hydrogens is 406 g/mol. The molecule has 0 aromatic carbocycles. The molecule has 1 aromatic rings. The average molecular weight is 437 g/mol. The second kappa shape index (κ2) is 10.1. The van der Waals surface area contributed by atoms with Crippen molar-refractivity contribution in [3.8, 4) is 5.88 Å². The Labute approximate surface area is 181 Å². The van der Waals surface area contributed by atoms with Gasteiger partial charge in [0, 0.05) is 12.3 Å². The first-order chi connectivity index (χ1) is 14.5. The van der Waals surface area contributed by atoms with Gasteiger partial charge in [0.15, 0.2) is 0 Å². The second-order valence-electron chi connectivity index (χ2n) is 9.01. The molecule has 31 heavy (non-hydrogen) atoms. The number of rotatable bonds is 9. The maximum atomic E-state index is 12.0. The van der Waals surface area contributed by atoms with Gasteiger partial charge in [0.2, 0.25) is 0 Å². The summed E-state index contributed by atoms with van der Waals surface area (Å²) in [5.41, 5.74) is -0.797. The van der Waals surface area contributed by atoms with Gasteiger partial charge in [-0.1, -0.05) is 0 Å². The monoisotopic (exact) mass is 437 g/mol. The lowest BCUT2D eigenvalue weighted by atomic mass is 9.97. The van der Waals surface area contributed by atoms with E-state index in [1.807, 2.05) is 0 Å². The second-order valence-corrected chi connectivity index (χ2v) is 9.01. The van der Waals surface area contributed by atoms with E-state index in [0.717, 1.165) is 6.29 Å². The first kappa shape index (κ1) is 24.6. The normalized spacial score (nSPS) is 23.4. The van der Waals surface area contributed by atoms with Crippen molar-refractivity contribution in [2.24, 2.45) is 17.3 Å². The zero-order chi connectivity index (χ0) is 23.3. The van der Waals surface area contributed by atoms with Crippen molar-refractivity contribution in [3.05, 3.63) is 21.6 Å². The minimum absolute atomic E-state index is 0.137. The van der Waals surface area contributed by atoms with Gasteiger partial charge in [-0.25, -0.2) is 4.98 Å². The Bertz CT molecular complexity index is 822. The fourth-order valence-corrected chi connectivity index (χ4v) is 3.84. The van der Waals surface area contributed by atoms with E-state index in [1.165, 1.54) is 6.92 Å². The molecule has 1 aromatic heterocycles. The number of nitro groups is 1. The SMILES string of the molecule is Cc1nc(C)c([N+](=O)[O-])c(O[C@@H]2[C@@H](CCOC(=O)C(C)(C)C)C[C@H](CCC=O)[C@@H]2O)n1. The van der Waals surface area contributed by atoms with Crippen molar-refractivity contribution in [2.75, 3.05) is 6.61 Å². The van der Waals surface area contributed by atoms with Crippen LogP contribution in [0.1, 0.15) is 58.0 Å². The number of hydrogen-bond acceptors (Lipinski definition) is 9. The first-order valence-electron chi connectivity index (χ1n) is 10.4. The largest absolute Gasteiger partial charge is 0.466 e. The van der Waals surface area contributed by atoms with Crippen LogP contribution in [0.5, 0.6) is 5.88 Å². The molecule has 0 amide bonds.